The number of unbranched alkanes of at least 4 members (excludes halogenated alkanes) is 2. The van der Waals surface area contributed by atoms with E-state index in [1.54, 1.807) is 0 Å². The van der Waals surface area contributed by atoms with Gasteiger partial charge in [0.25, 0.3) is 0 Å². The van der Waals surface area contributed by atoms with Crippen LogP contribution in [0.25, 0.3) is 0 Å². The fraction of sp³-hybridized carbons (Fsp3) is 0.879. The standard InChI is InChI=1S/C33H62/c1-11-13-14-17-28(9)32(24(3)4)33(25(5)6)29(10)21-19-26(7)20-22-30(12-2)31-18-15-16-27(8)23-31/h26-33H,3,5,11-23H2,1-2,4,6-10H3. The SMILES string of the molecule is C=C(C)C(C(C)CCCCC)C(C(=C)C)C(C)CCC(C)CCC(CC)C1CCCC(C)C1. The van der Waals surface area contributed by atoms with Gasteiger partial charge in [-0.25, -0.2) is 0 Å². The minimum atomic E-state index is 0.582. The molecule has 1 aliphatic carbocycles. The molecule has 0 radical (unpaired) electrons. The maximum Gasteiger partial charge on any atom is -0.0115 e. The van der Waals surface area contributed by atoms with Crippen LogP contribution in [0.4, 0.5) is 0 Å². The number of hydrogen-bond acceptors (Lipinski definition) is 0. The van der Waals surface area contributed by atoms with E-state index in [1.807, 2.05) is 0 Å². The first kappa shape index (κ1) is 30.5. The molecule has 0 heterocycles. The Kier molecular flexibility index (Phi) is 15.0. The highest BCUT2D eigenvalue weighted by Crippen LogP contribution is 2.41. The highest BCUT2D eigenvalue weighted by Gasteiger charge is 2.32. The van der Waals surface area contributed by atoms with Gasteiger partial charge < -0.3 is 0 Å². The molecule has 0 aromatic heterocycles. The summed E-state index contributed by atoms with van der Waals surface area (Å²) in [5.41, 5.74) is 2.75. The van der Waals surface area contributed by atoms with Crippen LogP contribution < -0.4 is 0 Å². The molecule has 8 unspecified atom stereocenters. The van der Waals surface area contributed by atoms with Crippen molar-refractivity contribution in [2.75, 3.05) is 0 Å². The molecule has 0 spiro atoms. The molecule has 0 heteroatoms. The molecule has 0 bridgehead atoms. The molecule has 33 heavy (non-hydrogen) atoms. The van der Waals surface area contributed by atoms with Gasteiger partial charge in [-0.05, 0) is 80.5 Å². The van der Waals surface area contributed by atoms with Crippen LogP contribution in [-0.4, -0.2) is 0 Å². The monoisotopic (exact) mass is 458 g/mol. The molecule has 8 atom stereocenters. The second-order valence-electron chi connectivity index (χ2n) is 12.7. The Labute approximate surface area is 210 Å². The van der Waals surface area contributed by atoms with E-state index in [0.717, 1.165) is 23.7 Å². The molecule has 0 N–H and O–H groups in total. The third kappa shape index (κ3) is 10.7. The fourth-order valence-electron chi connectivity index (χ4n) is 7.24. The molecule has 0 aromatic rings. The van der Waals surface area contributed by atoms with Gasteiger partial charge in [-0.1, -0.05) is 130 Å². The summed E-state index contributed by atoms with van der Waals surface area (Å²) in [5, 5.41) is 0. The topological polar surface area (TPSA) is 0 Å². The molecular formula is C33H62. The van der Waals surface area contributed by atoms with Crippen LogP contribution in [0.2, 0.25) is 0 Å². The number of hydrogen-bond donors (Lipinski definition) is 0. The van der Waals surface area contributed by atoms with Crippen molar-refractivity contribution in [1.29, 1.82) is 0 Å². The van der Waals surface area contributed by atoms with Crippen LogP contribution >= 0.6 is 0 Å². The van der Waals surface area contributed by atoms with Crippen LogP contribution in [-0.2, 0) is 0 Å². The van der Waals surface area contributed by atoms with Crippen LogP contribution in [0, 0.1) is 47.3 Å². The van der Waals surface area contributed by atoms with Crippen LogP contribution in [0.5, 0.6) is 0 Å². The van der Waals surface area contributed by atoms with Crippen molar-refractivity contribution in [1.82, 2.24) is 0 Å². The lowest BCUT2D eigenvalue weighted by atomic mass is 9.67. The molecule has 1 rings (SSSR count). The average molecular weight is 459 g/mol. The van der Waals surface area contributed by atoms with Gasteiger partial charge in [-0.2, -0.15) is 0 Å². The summed E-state index contributed by atoms with van der Waals surface area (Å²) < 4.78 is 0. The van der Waals surface area contributed by atoms with Gasteiger partial charge in [0.15, 0.2) is 0 Å². The molecule has 1 aliphatic rings. The Morgan fingerprint density at radius 3 is 1.88 bits per heavy atom. The first-order valence-corrected chi connectivity index (χ1v) is 14.9. The summed E-state index contributed by atoms with van der Waals surface area (Å²) in [6.07, 6.45) is 18.2. The summed E-state index contributed by atoms with van der Waals surface area (Å²) in [7, 11) is 0. The summed E-state index contributed by atoms with van der Waals surface area (Å²) in [6, 6.07) is 0. The van der Waals surface area contributed by atoms with Crippen LogP contribution in [0.3, 0.4) is 0 Å². The third-order valence-electron chi connectivity index (χ3n) is 9.33. The predicted octanol–water partition coefficient (Wildman–Crippen LogP) is 11.3. The van der Waals surface area contributed by atoms with Gasteiger partial charge in [0, 0.05) is 0 Å². The van der Waals surface area contributed by atoms with Gasteiger partial charge in [-0.15, -0.1) is 0 Å². The highest BCUT2D eigenvalue weighted by atomic mass is 14.4. The minimum Gasteiger partial charge on any atom is -0.0998 e. The largest absolute Gasteiger partial charge is 0.0998 e. The van der Waals surface area contributed by atoms with Crippen molar-refractivity contribution < 1.29 is 0 Å². The maximum absolute atomic E-state index is 4.47. The molecule has 1 saturated carbocycles. The molecule has 0 aromatic carbocycles. The first-order chi connectivity index (χ1) is 15.6. The zero-order chi connectivity index (χ0) is 25.0. The summed E-state index contributed by atoms with van der Waals surface area (Å²) >= 11 is 0. The predicted molar refractivity (Wildman–Crippen MR) is 152 cm³/mol. The second kappa shape index (κ2) is 16.2. The van der Waals surface area contributed by atoms with Gasteiger partial charge in [-0.3, -0.25) is 0 Å². The Hall–Kier alpha value is -0.520. The quantitative estimate of drug-likeness (QED) is 0.150. The Balaban J connectivity index is 2.62. The molecule has 0 aliphatic heterocycles. The number of rotatable bonds is 17. The molecule has 0 nitrogen and oxygen atoms in total. The van der Waals surface area contributed by atoms with E-state index in [-0.39, 0.29) is 0 Å². The lowest BCUT2D eigenvalue weighted by molar-refractivity contribution is 0.179. The Morgan fingerprint density at radius 1 is 0.788 bits per heavy atom. The molecule has 0 amide bonds. The average Bonchev–Trinajstić information content (AvgIpc) is 2.75. The van der Waals surface area contributed by atoms with Crippen molar-refractivity contribution in [2.24, 2.45) is 47.3 Å². The summed E-state index contributed by atoms with van der Waals surface area (Å²) in [4.78, 5) is 0. The Morgan fingerprint density at radius 2 is 1.36 bits per heavy atom. The normalized spacial score (nSPS) is 24.5. The lowest BCUT2D eigenvalue weighted by Crippen LogP contribution is -2.29. The van der Waals surface area contributed by atoms with Crippen LogP contribution in [0.15, 0.2) is 24.3 Å². The fourth-order valence-corrected chi connectivity index (χ4v) is 7.24. The van der Waals surface area contributed by atoms with Gasteiger partial charge in [0.2, 0.25) is 0 Å². The molecule has 194 valence electrons. The second-order valence-corrected chi connectivity index (χ2v) is 12.7. The summed E-state index contributed by atoms with van der Waals surface area (Å²) in [5.74, 6) is 6.34. The van der Waals surface area contributed by atoms with Crippen molar-refractivity contribution in [3.05, 3.63) is 24.3 Å². The smallest absolute Gasteiger partial charge is 0.0115 e. The Bertz CT molecular complexity index is 542. The lowest BCUT2D eigenvalue weighted by Gasteiger charge is -2.37. The van der Waals surface area contributed by atoms with Gasteiger partial charge in [0.05, 0.1) is 0 Å². The van der Waals surface area contributed by atoms with E-state index in [4.69, 9.17) is 0 Å². The van der Waals surface area contributed by atoms with E-state index >= 15 is 0 Å². The van der Waals surface area contributed by atoms with Crippen molar-refractivity contribution >= 4 is 0 Å². The van der Waals surface area contributed by atoms with Crippen molar-refractivity contribution in [3.63, 3.8) is 0 Å². The highest BCUT2D eigenvalue weighted by molar-refractivity contribution is 5.11. The van der Waals surface area contributed by atoms with Crippen LogP contribution in [0.1, 0.15) is 139 Å². The molecular weight excluding hydrogens is 396 g/mol. The van der Waals surface area contributed by atoms with Crippen molar-refractivity contribution in [3.8, 4) is 0 Å². The summed E-state index contributed by atoms with van der Waals surface area (Å²) in [6.45, 7) is 28.2. The van der Waals surface area contributed by atoms with Crippen molar-refractivity contribution in [2.45, 2.75) is 139 Å². The molecule has 0 saturated heterocycles. The van der Waals surface area contributed by atoms with Gasteiger partial charge in [0.1, 0.15) is 0 Å². The van der Waals surface area contributed by atoms with Gasteiger partial charge >= 0.3 is 0 Å². The third-order valence-corrected chi connectivity index (χ3v) is 9.33. The van der Waals surface area contributed by atoms with E-state index in [2.05, 4.69) is 68.5 Å². The minimum absolute atomic E-state index is 0.582. The van der Waals surface area contributed by atoms with E-state index in [9.17, 15) is 0 Å². The van der Waals surface area contributed by atoms with E-state index < -0.39 is 0 Å². The zero-order valence-electron chi connectivity index (χ0n) is 24.2. The zero-order valence-corrected chi connectivity index (χ0v) is 24.2. The maximum atomic E-state index is 4.47. The van der Waals surface area contributed by atoms with E-state index in [0.29, 0.717) is 23.7 Å². The number of allylic oxidation sites excluding steroid dienone is 2. The van der Waals surface area contributed by atoms with E-state index in [1.165, 1.54) is 94.6 Å². The first-order valence-electron chi connectivity index (χ1n) is 14.9. The molecule has 1 fully saturated rings.